The van der Waals surface area contributed by atoms with Gasteiger partial charge in [0.25, 0.3) is 11.8 Å². The van der Waals surface area contributed by atoms with Gasteiger partial charge in [0, 0.05) is 25.2 Å². The van der Waals surface area contributed by atoms with Crippen LogP contribution < -0.4 is 10.6 Å². The summed E-state index contributed by atoms with van der Waals surface area (Å²) in [6.07, 6.45) is 2.78. The lowest BCUT2D eigenvalue weighted by atomic mass is 9.92. The lowest BCUT2D eigenvalue weighted by Crippen LogP contribution is -2.31. The highest BCUT2D eigenvalue weighted by molar-refractivity contribution is 7.09. The average molecular weight is 332 g/mol. The smallest absolute Gasteiger partial charge is 0.271 e. The zero-order chi connectivity index (χ0) is 16.6. The molecule has 0 spiro atoms. The summed E-state index contributed by atoms with van der Waals surface area (Å²) in [5.41, 5.74) is 3.25. The van der Waals surface area contributed by atoms with Crippen molar-refractivity contribution in [1.29, 1.82) is 0 Å². The van der Waals surface area contributed by atoms with E-state index in [0.29, 0.717) is 11.4 Å². The van der Waals surface area contributed by atoms with Crippen molar-refractivity contribution in [3.63, 3.8) is 0 Å². The van der Waals surface area contributed by atoms with Gasteiger partial charge in [0.05, 0.1) is 11.0 Å². The van der Waals surface area contributed by atoms with Crippen molar-refractivity contribution < 1.29 is 9.59 Å². The van der Waals surface area contributed by atoms with Crippen molar-refractivity contribution >= 4 is 23.2 Å². The molecule has 2 N–H and O–H groups in total. The van der Waals surface area contributed by atoms with Gasteiger partial charge < -0.3 is 15.2 Å². The third-order valence-electron chi connectivity index (χ3n) is 4.29. The number of hydrogen-bond donors (Lipinski definition) is 2. The van der Waals surface area contributed by atoms with Gasteiger partial charge in [-0.05, 0) is 37.8 Å². The number of aromatic nitrogens is 2. The number of carbonyl (C=O) groups excluding carboxylic acids is 2. The molecule has 0 aliphatic heterocycles. The highest BCUT2D eigenvalue weighted by Crippen LogP contribution is 2.32. The molecule has 7 heteroatoms. The number of nitrogens with one attached hydrogen (secondary N) is 2. The van der Waals surface area contributed by atoms with Crippen molar-refractivity contribution in [2.45, 2.75) is 32.2 Å². The van der Waals surface area contributed by atoms with Crippen LogP contribution in [0, 0.1) is 6.92 Å². The minimum atomic E-state index is -0.155. The molecule has 6 nitrogen and oxygen atoms in total. The van der Waals surface area contributed by atoms with Gasteiger partial charge in [0.15, 0.2) is 0 Å². The number of fused-ring (bicyclic) bond motifs is 1. The molecule has 2 aromatic rings. The number of thiazole rings is 1. The predicted octanol–water partition coefficient (Wildman–Crippen LogP) is 1.96. The third-order valence-corrected chi connectivity index (χ3v) is 5.06. The van der Waals surface area contributed by atoms with E-state index in [0.717, 1.165) is 35.5 Å². The molecule has 0 saturated heterocycles. The fourth-order valence-corrected chi connectivity index (χ4v) is 3.70. The van der Waals surface area contributed by atoms with E-state index >= 15 is 0 Å². The number of amides is 2. The van der Waals surface area contributed by atoms with Crippen LogP contribution in [-0.2, 0) is 13.5 Å². The lowest BCUT2D eigenvalue weighted by Gasteiger charge is -2.24. The Kier molecular flexibility index (Phi) is 4.21. The van der Waals surface area contributed by atoms with Gasteiger partial charge in [-0.1, -0.05) is 0 Å². The Hall–Kier alpha value is -2.15. The lowest BCUT2D eigenvalue weighted by molar-refractivity contribution is 0.0926. The molecule has 2 aromatic heterocycles. The van der Waals surface area contributed by atoms with E-state index in [1.54, 1.807) is 12.4 Å². The molecule has 1 aliphatic rings. The quantitative estimate of drug-likeness (QED) is 0.902. The predicted molar refractivity (Wildman–Crippen MR) is 88.8 cm³/mol. The van der Waals surface area contributed by atoms with E-state index in [2.05, 4.69) is 15.6 Å². The maximum atomic E-state index is 12.4. The summed E-state index contributed by atoms with van der Waals surface area (Å²) >= 11 is 1.46. The molecule has 0 aromatic carbocycles. The summed E-state index contributed by atoms with van der Waals surface area (Å²) in [4.78, 5) is 28.6. The first-order valence-corrected chi connectivity index (χ1v) is 8.52. The Bertz CT molecular complexity index is 762. The second kappa shape index (κ2) is 6.16. The Labute approximate surface area is 138 Å². The van der Waals surface area contributed by atoms with Crippen LogP contribution in [-0.4, -0.2) is 28.4 Å². The minimum absolute atomic E-state index is 0.0714. The molecule has 2 heterocycles. The van der Waals surface area contributed by atoms with Crippen LogP contribution in [0.25, 0.3) is 0 Å². The van der Waals surface area contributed by atoms with E-state index in [-0.39, 0.29) is 17.9 Å². The van der Waals surface area contributed by atoms with Crippen LogP contribution in [0.3, 0.4) is 0 Å². The van der Waals surface area contributed by atoms with Gasteiger partial charge in [-0.25, -0.2) is 4.98 Å². The maximum absolute atomic E-state index is 12.4. The third kappa shape index (κ3) is 2.88. The van der Waals surface area contributed by atoms with Crippen molar-refractivity contribution in [1.82, 2.24) is 20.2 Å². The molecule has 0 bridgehead atoms. The van der Waals surface area contributed by atoms with E-state index in [4.69, 9.17) is 0 Å². The Balaban J connectivity index is 1.87. The molecular formula is C16H20N4O2S. The summed E-state index contributed by atoms with van der Waals surface area (Å²) < 4.78 is 1.93. The summed E-state index contributed by atoms with van der Waals surface area (Å²) in [5, 5.41) is 8.37. The number of aryl methyl sites for hydroxylation is 1. The van der Waals surface area contributed by atoms with Gasteiger partial charge in [0.1, 0.15) is 11.4 Å². The number of rotatable bonds is 3. The molecule has 1 unspecified atom stereocenters. The van der Waals surface area contributed by atoms with Crippen LogP contribution in [0.4, 0.5) is 0 Å². The number of carbonyl (C=O) groups is 2. The molecule has 1 aliphatic carbocycles. The molecule has 3 rings (SSSR count). The van der Waals surface area contributed by atoms with Crippen LogP contribution >= 0.6 is 11.3 Å². The molecule has 2 amide bonds. The van der Waals surface area contributed by atoms with Gasteiger partial charge in [-0.3, -0.25) is 9.59 Å². The second-order valence-electron chi connectivity index (χ2n) is 5.74. The zero-order valence-corrected chi connectivity index (χ0v) is 14.3. The van der Waals surface area contributed by atoms with Crippen LogP contribution in [0.1, 0.15) is 56.1 Å². The second-order valence-corrected chi connectivity index (χ2v) is 6.80. The summed E-state index contributed by atoms with van der Waals surface area (Å²) in [5.74, 6) is -0.264. The van der Waals surface area contributed by atoms with Gasteiger partial charge in [0.2, 0.25) is 0 Å². The van der Waals surface area contributed by atoms with Crippen molar-refractivity contribution in [3.05, 3.63) is 39.1 Å². The molecule has 0 fully saturated rings. The highest BCUT2D eigenvalue weighted by atomic mass is 32.1. The van der Waals surface area contributed by atoms with Gasteiger partial charge in [-0.2, -0.15) is 0 Å². The number of hydrogen-bond acceptors (Lipinski definition) is 4. The first-order valence-electron chi connectivity index (χ1n) is 7.64. The fraction of sp³-hybridized carbons (Fsp3) is 0.438. The first kappa shape index (κ1) is 15.7. The largest absolute Gasteiger partial charge is 0.354 e. The summed E-state index contributed by atoms with van der Waals surface area (Å²) in [6.45, 7) is 1.88. The molecular weight excluding hydrogens is 312 g/mol. The van der Waals surface area contributed by atoms with Gasteiger partial charge >= 0.3 is 0 Å². The Morgan fingerprint density at radius 1 is 1.39 bits per heavy atom. The average Bonchev–Trinajstić information content (AvgIpc) is 3.12. The van der Waals surface area contributed by atoms with E-state index in [1.807, 2.05) is 24.6 Å². The van der Waals surface area contributed by atoms with Gasteiger partial charge in [-0.15, -0.1) is 11.3 Å². The fourth-order valence-electron chi connectivity index (χ4n) is 3.11. The van der Waals surface area contributed by atoms with Crippen molar-refractivity contribution in [3.8, 4) is 0 Å². The summed E-state index contributed by atoms with van der Waals surface area (Å²) in [7, 11) is 3.52. The van der Waals surface area contributed by atoms with Crippen molar-refractivity contribution in [2.24, 2.45) is 7.05 Å². The van der Waals surface area contributed by atoms with Crippen LogP contribution in [0.2, 0.25) is 0 Å². The molecule has 122 valence electrons. The molecule has 0 saturated carbocycles. The van der Waals surface area contributed by atoms with E-state index in [1.165, 1.54) is 11.3 Å². The maximum Gasteiger partial charge on any atom is 0.271 e. The topological polar surface area (TPSA) is 76.0 Å². The van der Waals surface area contributed by atoms with Crippen molar-refractivity contribution in [2.75, 3.05) is 7.05 Å². The Morgan fingerprint density at radius 2 is 2.17 bits per heavy atom. The van der Waals surface area contributed by atoms with E-state index < -0.39 is 0 Å². The SMILES string of the molecule is CNC(=O)c1cc2c(n1C)CCCC2NC(=O)c1csc(C)n1. The summed E-state index contributed by atoms with van der Waals surface area (Å²) in [6, 6.07) is 1.82. The van der Waals surface area contributed by atoms with Crippen LogP contribution in [0.15, 0.2) is 11.4 Å². The molecule has 1 atom stereocenters. The van der Waals surface area contributed by atoms with E-state index in [9.17, 15) is 9.59 Å². The Morgan fingerprint density at radius 3 is 2.83 bits per heavy atom. The first-order chi connectivity index (χ1) is 11.0. The monoisotopic (exact) mass is 332 g/mol. The zero-order valence-electron chi connectivity index (χ0n) is 13.5. The molecule has 0 radical (unpaired) electrons. The normalized spacial score (nSPS) is 16.7. The highest BCUT2D eigenvalue weighted by Gasteiger charge is 2.28. The molecule has 23 heavy (non-hydrogen) atoms. The minimum Gasteiger partial charge on any atom is -0.354 e. The van der Waals surface area contributed by atoms with Crippen LogP contribution in [0.5, 0.6) is 0 Å². The number of nitrogens with zero attached hydrogens (tertiary/aromatic N) is 2. The standard InChI is InChI=1S/C16H20N4O2S/c1-9-18-12(8-23-9)15(21)19-11-5-4-6-13-10(11)7-14(20(13)3)16(22)17-2/h7-8,11H,4-6H2,1-3H3,(H,17,22)(H,19,21).